The average Bonchev–Trinajstić information content (AvgIpc) is 2.40. The molecule has 0 aliphatic carbocycles. The molecule has 1 N–H and O–H groups in total. The summed E-state index contributed by atoms with van der Waals surface area (Å²) in [5.41, 5.74) is 1.08. The lowest BCUT2D eigenvalue weighted by molar-refractivity contribution is 0.478. The van der Waals surface area contributed by atoms with Crippen LogP contribution in [0, 0.1) is 0 Å². The van der Waals surface area contributed by atoms with Gasteiger partial charge < -0.3 is 10.1 Å². The van der Waals surface area contributed by atoms with Crippen LogP contribution in [0.2, 0.25) is 5.02 Å². The van der Waals surface area contributed by atoms with Crippen LogP contribution in [0.1, 0.15) is 19.4 Å². The van der Waals surface area contributed by atoms with E-state index in [1.807, 2.05) is 30.5 Å². The van der Waals surface area contributed by atoms with Crippen molar-refractivity contribution in [3.63, 3.8) is 0 Å². The molecule has 100 valence electrons. The Morgan fingerprint density at radius 3 is 2.79 bits per heavy atom. The molecule has 0 unspecified atom stereocenters. The molecule has 1 heterocycles. The van der Waals surface area contributed by atoms with Gasteiger partial charge in [0.1, 0.15) is 11.5 Å². The quantitative estimate of drug-likeness (QED) is 0.895. The Bertz CT molecular complexity index is 543. The Hall–Kier alpha value is -1.58. The maximum absolute atomic E-state index is 6.06. The monoisotopic (exact) mass is 276 g/mol. The second-order valence-corrected chi connectivity index (χ2v) is 5.00. The van der Waals surface area contributed by atoms with Gasteiger partial charge in [-0.3, -0.25) is 4.98 Å². The zero-order valence-corrected chi connectivity index (χ0v) is 11.8. The minimum atomic E-state index is 0.438. The Morgan fingerprint density at radius 1 is 1.26 bits per heavy atom. The van der Waals surface area contributed by atoms with E-state index in [0.717, 1.165) is 12.1 Å². The van der Waals surface area contributed by atoms with Gasteiger partial charge in [-0.1, -0.05) is 37.6 Å². The van der Waals surface area contributed by atoms with Crippen molar-refractivity contribution < 1.29 is 4.74 Å². The van der Waals surface area contributed by atoms with Crippen molar-refractivity contribution >= 4 is 11.6 Å². The molecular weight excluding hydrogens is 260 g/mol. The molecule has 3 nitrogen and oxygen atoms in total. The van der Waals surface area contributed by atoms with Crippen LogP contribution in [0.15, 0.2) is 42.7 Å². The lowest BCUT2D eigenvalue weighted by Gasteiger charge is -2.10. The summed E-state index contributed by atoms with van der Waals surface area (Å²) in [6.07, 6.45) is 3.51. The normalized spacial score (nSPS) is 10.7. The molecule has 0 amide bonds. The highest BCUT2D eigenvalue weighted by Crippen LogP contribution is 2.28. The highest BCUT2D eigenvalue weighted by Gasteiger charge is 2.03. The molecule has 2 aromatic rings. The van der Waals surface area contributed by atoms with Crippen LogP contribution in [-0.4, -0.2) is 11.0 Å². The van der Waals surface area contributed by atoms with Crippen LogP contribution >= 0.6 is 11.6 Å². The number of ether oxygens (including phenoxy) is 1. The van der Waals surface area contributed by atoms with Crippen LogP contribution in [-0.2, 0) is 6.54 Å². The first-order valence-corrected chi connectivity index (χ1v) is 6.62. The van der Waals surface area contributed by atoms with Crippen LogP contribution in [0.3, 0.4) is 0 Å². The van der Waals surface area contributed by atoms with Gasteiger partial charge in [0.15, 0.2) is 0 Å². The van der Waals surface area contributed by atoms with Crippen molar-refractivity contribution in [2.45, 2.75) is 26.4 Å². The molecule has 0 atom stereocenters. The summed E-state index contributed by atoms with van der Waals surface area (Å²) >= 11 is 6.06. The van der Waals surface area contributed by atoms with Crippen molar-refractivity contribution in [3.05, 3.63) is 53.3 Å². The third kappa shape index (κ3) is 4.23. The number of para-hydroxylation sites is 1. The lowest BCUT2D eigenvalue weighted by Crippen LogP contribution is -2.21. The SMILES string of the molecule is CC(C)NCc1cncc(Oc2ccccc2Cl)c1. The molecule has 0 bridgehead atoms. The minimum Gasteiger partial charge on any atom is -0.454 e. The van der Waals surface area contributed by atoms with Gasteiger partial charge >= 0.3 is 0 Å². The Kier molecular flexibility index (Phi) is 4.77. The van der Waals surface area contributed by atoms with Gasteiger partial charge in [-0.15, -0.1) is 0 Å². The Morgan fingerprint density at radius 2 is 2.05 bits per heavy atom. The highest BCUT2D eigenvalue weighted by atomic mass is 35.5. The molecule has 0 saturated carbocycles. The molecule has 19 heavy (non-hydrogen) atoms. The fraction of sp³-hybridized carbons (Fsp3) is 0.267. The molecule has 0 saturated heterocycles. The summed E-state index contributed by atoms with van der Waals surface area (Å²) in [6.45, 7) is 4.99. The number of benzene rings is 1. The van der Waals surface area contributed by atoms with Crippen LogP contribution in [0.25, 0.3) is 0 Å². The zero-order chi connectivity index (χ0) is 13.7. The van der Waals surface area contributed by atoms with E-state index in [0.29, 0.717) is 22.6 Å². The van der Waals surface area contributed by atoms with Gasteiger partial charge in [-0.05, 0) is 23.8 Å². The Balaban J connectivity index is 2.09. The number of nitrogens with zero attached hydrogens (tertiary/aromatic N) is 1. The number of aromatic nitrogens is 1. The van der Waals surface area contributed by atoms with E-state index >= 15 is 0 Å². The largest absolute Gasteiger partial charge is 0.454 e. The number of hydrogen-bond donors (Lipinski definition) is 1. The summed E-state index contributed by atoms with van der Waals surface area (Å²) in [5.74, 6) is 1.33. The summed E-state index contributed by atoms with van der Waals surface area (Å²) in [6, 6.07) is 9.80. The summed E-state index contributed by atoms with van der Waals surface area (Å²) in [4.78, 5) is 4.18. The van der Waals surface area contributed by atoms with Crippen molar-refractivity contribution in [3.8, 4) is 11.5 Å². The first kappa shape index (κ1) is 13.8. The maximum Gasteiger partial charge on any atom is 0.146 e. The average molecular weight is 277 g/mol. The maximum atomic E-state index is 6.06. The molecule has 1 aromatic carbocycles. The first-order chi connectivity index (χ1) is 9.15. The molecule has 0 spiro atoms. The fourth-order valence-corrected chi connectivity index (χ4v) is 1.77. The molecular formula is C15H17ClN2O. The van der Waals surface area contributed by atoms with Crippen molar-refractivity contribution in [1.29, 1.82) is 0 Å². The van der Waals surface area contributed by atoms with Crippen molar-refractivity contribution in [2.75, 3.05) is 0 Å². The molecule has 0 aliphatic rings. The first-order valence-electron chi connectivity index (χ1n) is 6.25. The van der Waals surface area contributed by atoms with Gasteiger partial charge in [0, 0.05) is 18.8 Å². The van der Waals surface area contributed by atoms with E-state index in [1.165, 1.54) is 0 Å². The van der Waals surface area contributed by atoms with E-state index in [-0.39, 0.29) is 0 Å². The minimum absolute atomic E-state index is 0.438. The lowest BCUT2D eigenvalue weighted by atomic mass is 10.2. The van der Waals surface area contributed by atoms with Gasteiger partial charge in [0.2, 0.25) is 0 Å². The molecule has 1 aromatic heterocycles. The molecule has 0 aliphatic heterocycles. The predicted octanol–water partition coefficient (Wildman–Crippen LogP) is 4.03. The number of pyridine rings is 1. The van der Waals surface area contributed by atoms with Gasteiger partial charge in [-0.2, -0.15) is 0 Å². The number of rotatable bonds is 5. The van der Waals surface area contributed by atoms with Crippen LogP contribution in [0.5, 0.6) is 11.5 Å². The number of nitrogens with one attached hydrogen (secondary N) is 1. The third-order valence-corrected chi connectivity index (χ3v) is 2.86. The zero-order valence-electron chi connectivity index (χ0n) is 11.1. The molecule has 0 radical (unpaired) electrons. The van der Waals surface area contributed by atoms with Crippen molar-refractivity contribution in [1.82, 2.24) is 10.3 Å². The third-order valence-electron chi connectivity index (χ3n) is 2.55. The smallest absolute Gasteiger partial charge is 0.146 e. The molecule has 4 heteroatoms. The topological polar surface area (TPSA) is 34.2 Å². The second-order valence-electron chi connectivity index (χ2n) is 4.60. The van der Waals surface area contributed by atoms with E-state index in [9.17, 15) is 0 Å². The van der Waals surface area contributed by atoms with Gasteiger partial charge in [0.25, 0.3) is 0 Å². The second kappa shape index (κ2) is 6.55. The van der Waals surface area contributed by atoms with Crippen LogP contribution in [0.4, 0.5) is 0 Å². The summed E-state index contributed by atoms with van der Waals surface area (Å²) in [7, 11) is 0. The van der Waals surface area contributed by atoms with Crippen LogP contribution < -0.4 is 10.1 Å². The Labute approximate surface area is 118 Å². The van der Waals surface area contributed by atoms with E-state index in [4.69, 9.17) is 16.3 Å². The molecule has 0 fully saturated rings. The molecule has 2 rings (SSSR count). The van der Waals surface area contributed by atoms with E-state index in [1.54, 1.807) is 12.3 Å². The van der Waals surface area contributed by atoms with Crippen molar-refractivity contribution in [2.24, 2.45) is 0 Å². The highest BCUT2D eigenvalue weighted by molar-refractivity contribution is 6.32. The van der Waals surface area contributed by atoms with Gasteiger partial charge in [0.05, 0.1) is 11.2 Å². The number of halogens is 1. The predicted molar refractivity (Wildman–Crippen MR) is 77.7 cm³/mol. The van der Waals surface area contributed by atoms with E-state index < -0.39 is 0 Å². The number of hydrogen-bond acceptors (Lipinski definition) is 3. The standard InChI is InChI=1S/C15H17ClN2O/c1-11(2)18-9-12-7-13(10-17-8-12)19-15-6-4-3-5-14(15)16/h3-8,10-11,18H,9H2,1-2H3. The summed E-state index contributed by atoms with van der Waals surface area (Å²) < 4.78 is 5.73. The van der Waals surface area contributed by atoms with E-state index in [2.05, 4.69) is 24.1 Å². The van der Waals surface area contributed by atoms with Gasteiger partial charge in [-0.25, -0.2) is 0 Å². The summed E-state index contributed by atoms with van der Waals surface area (Å²) in [5, 5.41) is 3.93. The fourth-order valence-electron chi connectivity index (χ4n) is 1.59.